The Labute approximate surface area is 123 Å². The van der Waals surface area contributed by atoms with E-state index in [-0.39, 0.29) is 5.41 Å². The molecular formula is C16H21BrO2. The Bertz CT molecular complexity index is 464. The summed E-state index contributed by atoms with van der Waals surface area (Å²) in [7, 11) is 0. The number of ether oxygens (including phenoxy) is 2. The van der Waals surface area contributed by atoms with Crippen molar-refractivity contribution in [1.29, 1.82) is 0 Å². The van der Waals surface area contributed by atoms with E-state index in [1.165, 1.54) is 11.1 Å². The Morgan fingerprint density at radius 1 is 1.26 bits per heavy atom. The first-order valence-electron chi connectivity index (χ1n) is 7.07. The maximum atomic E-state index is 5.76. The van der Waals surface area contributed by atoms with E-state index in [4.69, 9.17) is 9.47 Å². The minimum atomic E-state index is 0.133. The first-order chi connectivity index (χ1) is 9.08. The highest BCUT2D eigenvalue weighted by atomic mass is 79.9. The molecule has 19 heavy (non-hydrogen) atoms. The lowest BCUT2D eigenvalue weighted by molar-refractivity contribution is 0.0662. The van der Waals surface area contributed by atoms with Crippen LogP contribution in [0.4, 0.5) is 0 Å². The molecule has 0 saturated carbocycles. The highest BCUT2D eigenvalue weighted by Gasteiger charge is 2.33. The fraction of sp³-hybridized carbons (Fsp3) is 0.625. The van der Waals surface area contributed by atoms with E-state index in [1.807, 2.05) is 0 Å². The van der Waals surface area contributed by atoms with E-state index in [0.29, 0.717) is 10.7 Å². The maximum Gasteiger partial charge on any atom is 0.123 e. The smallest absolute Gasteiger partial charge is 0.123 e. The van der Waals surface area contributed by atoms with Gasteiger partial charge in [0.05, 0.1) is 6.61 Å². The van der Waals surface area contributed by atoms with Crippen LogP contribution in [0.2, 0.25) is 0 Å². The lowest BCUT2D eigenvalue weighted by atomic mass is 9.84. The van der Waals surface area contributed by atoms with Crippen molar-refractivity contribution in [3.8, 4) is 5.75 Å². The molecule has 1 aromatic rings. The third kappa shape index (κ3) is 2.55. The molecule has 1 saturated heterocycles. The quantitative estimate of drug-likeness (QED) is 0.758. The zero-order chi connectivity index (χ0) is 13.5. The van der Waals surface area contributed by atoms with Crippen molar-refractivity contribution in [3.05, 3.63) is 29.3 Å². The Balaban J connectivity index is 1.85. The largest absolute Gasteiger partial charge is 0.492 e. The fourth-order valence-electron chi connectivity index (χ4n) is 2.99. The molecule has 0 bridgehead atoms. The van der Waals surface area contributed by atoms with E-state index in [9.17, 15) is 0 Å². The number of benzene rings is 1. The second-order valence-electron chi connectivity index (χ2n) is 6.28. The molecule has 2 aliphatic heterocycles. The summed E-state index contributed by atoms with van der Waals surface area (Å²) < 4.78 is 11.2. The molecule has 3 rings (SSSR count). The molecule has 1 fully saturated rings. The van der Waals surface area contributed by atoms with E-state index < -0.39 is 0 Å². The van der Waals surface area contributed by atoms with E-state index >= 15 is 0 Å². The van der Waals surface area contributed by atoms with Crippen LogP contribution in [0.5, 0.6) is 5.75 Å². The average Bonchev–Trinajstić information content (AvgIpc) is 2.74. The number of alkyl halides is 1. The molecule has 0 aliphatic carbocycles. The summed E-state index contributed by atoms with van der Waals surface area (Å²) in [5.74, 6) is 1.73. The van der Waals surface area contributed by atoms with Gasteiger partial charge in [0.1, 0.15) is 5.75 Å². The van der Waals surface area contributed by atoms with Crippen molar-refractivity contribution < 1.29 is 9.47 Å². The molecule has 3 heteroatoms. The third-order valence-corrected chi connectivity index (χ3v) is 5.60. The average molecular weight is 325 g/mol. The summed E-state index contributed by atoms with van der Waals surface area (Å²) >= 11 is 3.90. The van der Waals surface area contributed by atoms with Gasteiger partial charge in [-0.2, -0.15) is 0 Å². The van der Waals surface area contributed by atoms with Crippen LogP contribution in [0.15, 0.2) is 18.2 Å². The van der Waals surface area contributed by atoms with Crippen LogP contribution >= 0.6 is 15.9 Å². The number of halogens is 1. The minimum Gasteiger partial charge on any atom is -0.492 e. The van der Waals surface area contributed by atoms with Gasteiger partial charge in [0.2, 0.25) is 0 Å². The van der Waals surface area contributed by atoms with Gasteiger partial charge >= 0.3 is 0 Å². The molecule has 1 unspecified atom stereocenters. The molecular weight excluding hydrogens is 304 g/mol. The van der Waals surface area contributed by atoms with E-state index in [2.05, 4.69) is 48.0 Å². The SMILES string of the molecule is CC1(C)COc2ccc(C(Br)C3CCOCC3)cc21. The summed E-state index contributed by atoms with van der Waals surface area (Å²) in [5, 5.41) is 0. The number of rotatable bonds is 2. The van der Waals surface area contributed by atoms with Crippen LogP contribution in [-0.2, 0) is 10.2 Å². The summed E-state index contributed by atoms with van der Waals surface area (Å²) in [6.45, 7) is 7.08. The standard InChI is InChI=1S/C16H21BrO2/c1-16(2)10-19-14-4-3-12(9-13(14)16)15(17)11-5-7-18-8-6-11/h3-4,9,11,15H,5-8,10H2,1-2H3. The van der Waals surface area contributed by atoms with Gasteiger partial charge in [-0.1, -0.05) is 41.9 Å². The predicted molar refractivity (Wildman–Crippen MR) is 80.2 cm³/mol. The van der Waals surface area contributed by atoms with Crippen molar-refractivity contribution in [2.45, 2.75) is 36.9 Å². The Kier molecular flexibility index (Phi) is 3.61. The van der Waals surface area contributed by atoms with Crippen LogP contribution in [0, 0.1) is 5.92 Å². The third-order valence-electron chi connectivity index (χ3n) is 4.32. The van der Waals surface area contributed by atoms with Gasteiger partial charge in [-0.15, -0.1) is 0 Å². The summed E-state index contributed by atoms with van der Waals surface area (Å²) in [5.41, 5.74) is 2.86. The summed E-state index contributed by atoms with van der Waals surface area (Å²) in [6, 6.07) is 6.67. The highest BCUT2D eigenvalue weighted by molar-refractivity contribution is 9.09. The first kappa shape index (κ1) is 13.4. The zero-order valence-electron chi connectivity index (χ0n) is 11.6. The lowest BCUT2D eigenvalue weighted by Gasteiger charge is -2.27. The minimum absolute atomic E-state index is 0.133. The van der Waals surface area contributed by atoms with Gasteiger partial charge in [-0.25, -0.2) is 0 Å². The monoisotopic (exact) mass is 324 g/mol. The maximum absolute atomic E-state index is 5.76. The van der Waals surface area contributed by atoms with Crippen LogP contribution < -0.4 is 4.74 Å². The molecule has 2 aliphatic rings. The van der Waals surface area contributed by atoms with Crippen molar-refractivity contribution in [1.82, 2.24) is 0 Å². The Morgan fingerprint density at radius 2 is 2.00 bits per heavy atom. The zero-order valence-corrected chi connectivity index (χ0v) is 13.2. The number of hydrogen-bond acceptors (Lipinski definition) is 2. The Morgan fingerprint density at radius 3 is 2.74 bits per heavy atom. The van der Waals surface area contributed by atoms with Crippen molar-refractivity contribution >= 4 is 15.9 Å². The molecule has 0 spiro atoms. The molecule has 2 nitrogen and oxygen atoms in total. The van der Waals surface area contributed by atoms with Crippen molar-refractivity contribution in [3.63, 3.8) is 0 Å². The molecule has 104 valence electrons. The van der Waals surface area contributed by atoms with Gasteiger partial charge < -0.3 is 9.47 Å². The molecule has 0 amide bonds. The second kappa shape index (κ2) is 5.10. The van der Waals surface area contributed by atoms with Crippen molar-refractivity contribution in [2.24, 2.45) is 5.92 Å². The van der Waals surface area contributed by atoms with Gasteiger partial charge in [-0.05, 0) is 30.4 Å². The first-order valence-corrected chi connectivity index (χ1v) is 7.98. The molecule has 1 atom stereocenters. The van der Waals surface area contributed by atoms with Crippen molar-refractivity contribution in [2.75, 3.05) is 19.8 Å². The highest BCUT2D eigenvalue weighted by Crippen LogP contribution is 2.43. The second-order valence-corrected chi connectivity index (χ2v) is 7.27. The topological polar surface area (TPSA) is 18.5 Å². The normalized spacial score (nSPS) is 23.7. The molecule has 2 heterocycles. The van der Waals surface area contributed by atoms with Gasteiger partial charge in [-0.3, -0.25) is 0 Å². The molecule has 0 aromatic heterocycles. The van der Waals surface area contributed by atoms with Gasteiger partial charge in [0, 0.05) is 29.0 Å². The molecule has 0 radical (unpaired) electrons. The predicted octanol–water partition coefficient (Wildman–Crippen LogP) is 4.22. The molecule has 0 N–H and O–H groups in total. The summed E-state index contributed by atoms with van der Waals surface area (Å²) in [6.07, 6.45) is 2.29. The summed E-state index contributed by atoms with van der Waals surface area (Å²) in [4.78, 5) is 0.429. The van der Waals surface area contributed by atoms with Crippen LogP contribution in [0.25, 0.3) is 0 Å². The lowest BCUT2D eigenvalue weighted by Crippen LogP contribution is -2.20. The molecule has 1 aromatic carbocycles. The van der Waals surface area contributed by atoms with Crippen LogP contribution in [-0.4, -0.2) is 19.8 Å². The number of hydrogen-bond donors (Lipinski definition) is 0. The van der Waals surface area contributed by atoms with Gasteiger partial charge in [0.25, 0.3) is 0 Å². The van der Waals surface area contributed by atoms with E-state index in [0.717, 1.165) is 38.4 Å². The van der Waals surface area contributed by atoms with Crippen LogP contribution in [0.3, 0.4) is 0 Å². The Hall–Kier alpha value is -0.540. The fourth-order valence-corrected chi connectivity index (χ4v) is 3.80. The van der Waals surface area contributed by atoms with Crippen LogP contribution in [0.1, 0.15) is 42.6 Å². The van der Waals surface area contributed by atoms with E-state index in [1.54, 1.807) is 0 Å². The number of fused-ring (bicyclic) bond motifs is 1. The van der Waals surface area contributed by atoms with Gasteiger partial charge in [0.15, 0.2) is 0 Å².